The fraction of sp³-hybridized carbons (Fsp3) is 0.478. The van der Waals surface area contributed by atoms with Crippen LogP contribution in [0.3, 0.4) is 0 Å². The van der Waals surface area contributed by atoms with Gasteiger partial charge in [0, 0.05) is 29.3 Å². The van der Waals surface area contributed by atoms with E-state index in [1.165, 1.54) is 6.92 Å². The van der Waals surface area contributed by atoms with Gasteiger partial charge in [-0.1, -0.05) is 38.5 Å². The Morgan fingerprint density at radius 3 is 2.29 bits per heavy atom. The van der Waals surface area contributed by atoms with Crippen molar-refractivity contribution in [1.82, 2.24) is 20.9 Å². The number of nitrogens with two attached hydrogens (primary N) is 1. The number of carbonyl (C=O) groups is 4. The van der Waals surface area contributed by atoms with Gasteiger partial charge in [0.15, 0.2) is 0 Å². The zero-order chi connectivity index (χ0) is 25.4. The third-order valence-electron chi connectivity index (χ3n) is 5.84. The molecule has 0 fully saturated rings. The molecule has 1 aromatic carbocycles. The van der Waals surface area contributed by atoms with Crippen LogP contribution in [0.4, 0.5) is 0 Å². The monoisotopic (exact) mass is 491 g/mol. The number of H-pyrrole nitrogens is 1. The smallest absolute Gasteiger partial charge is 0.327 e. The van der Waals surface area contributed by atoms with Crippen LogP contribution >= 0.6 is 12.6 Å². The van der Waals surface area contributed by atoms with Gasteiger partial charge in [-0.2, -0.15) is 12.6 Å². The Labute approximate surface area is 203 Å². The summed E-state index contributed by atoms with van der Waals surface area (Å²) in [6.07, 6.45) is 2.63. The van der Waals surface area contributed by atoms with E-state index in [2.05, 4.69) is 33.6 Å². The minimum absolute atomic E-state index is 0.0873. The first-order valence-electron chi connectivity index (χ1n) is 11.1. The lowest BCUT2D eigenvalue weighted by Gasteiger charge is -2.24. The first kappa shape index (κ1) is 27.2. The molecule has 0 saturated carbocycles. The molecule has 0 aliphatic rings. The van der Waals surface area contributed by atoms with E-state index in [1.807, 2.05) is 38.1 Å². The van der Waals surface area contributed by atoms with Crippen LogP contribution < -0.4 is 21.7 Å². The van der Waals surface area contributed by atoms with E-state index >= 15 is 0 Å². The highest BCUT2D eigenvalue weighted by Gasteiger charge is 2.29. The molecule has 0 spiro atoms. The second-order valence-electron chi connectivity index (χ2n) is 8.35. The molecule has 1 aromatic heterocycles. The summed E-state index contributed by atoms with van der Waals surface area (Å²) in [7, 11) is 0. The van der Waals surface area contributed by atoms with Crippen LogP contribution in [-0.2, 0) is 25.6 Å². The second kappa shape index (κ2) is 12.4. The van der Waals surface area contributed by atoms with Crippen molar-refractivity contribution in [3.05, 3.63) is 36.0 Å². The number of thiol groups is 1. The van der Waals surface area contributed by atoms with Gasteiger partial charge in [-0.05, 0) is 24.5 Å². The summed E-state index contributed by atoms with van der Waals surface area (Å²) in [6, 6.07) is 3.53. The van der Waals surface area contributed by atoms with Crippen LogP contribution in [0, 0.1) is 5.92 Å². The van der Waals surface area contributed by atoms with Gasteiger partial charge in [-0.3, -0.25) is 14.4 Å². The van der Waals surface area contributed by atoms with E-state index in [1.54, 1.807) is 6.20 Å². The number of carboxylic acid groups (broad SMARTS) is 1. The summed E-state index contributed by atoms with van der Waals surface area (Å²) >= 11 is 3.92. The number of hydrogen-bond donors (Lipinski definition) is 7. The molecule has 5 atom stereocenters. The zero-order valence-electron chi connectivity index (χ0n) is 19.5. The van der Waals surface area contributed by atoms with Crippen LogP contribution in [0.5, 0.6) is 0 Å². The number of benzene rings is 1. The molecule has 0 aliphatic heterocycles. The van der Waals surface area contributed by atoms with Gasteiger partial charge < -0.3 is 31.8 Å². The third-order valence-corrected chi connectivity index (χ3v) is 6.21. The lowest BCUT2D eigenvalue weighted by atomic mass is 9.98. The number of aliphatic carboxylic acids is 1. The highest BCUT2D eigenvalue weighted by atomic mass is 32.1. The summed E-state index contributed by atoms with van der Waals surface area (Å²) in [5.74, 6) is -3.15. The lowest BCUT2D eigenvalue weighted by Crippen LogP contribution is -2.57. The molecule has 0 bridgehead atoms. The molecule has 34 heavy (non-hydrogen) atoms. The first-order chi connectivity index (χ1) is 16.1. The number of nitrogens with one attached hydrogen (secondary N) is 4. The molecule has 10 nitrogen and oxygen atoms in total. The number of aromatic nitrogens is 1. The second-order valence-corrected chi connectivity index (χ2v) is 8.71. The number of rotatable bonds is 12. The highest BCUT2D eigenvalue weighted by Crippen LogP contribution is 2.19. The largest absolute Gasteiger partial charge is 0.480 e. The Hall–Kier alpha value is -3.05. The Balaban J connectivity index is 2.20. The zero-order valence-corrected chi connectivity index (χ0v) is 20.4. The third kappa shape index (κ3) is 6.97. The molecule has 2 rings (SSSR count). The number of hydrogen-bond acceptors (Lipinski definition) is 6. The molecule has 0 saturated heterocycles. The number of para-hydroxylation sites is 1. The van der Waals surface area contributed by atoms with E-state index in [9.17, 15) is 19.2 Å². The highest BCUT2D eigenvalue weighted by molar-refractivity contribution is 7.80. The Kier molecular flexibility index (Phi) is 9.94. The number of amides is 3. The van der Waals surface area contributed by atoms with E-state index in [0.29, 0.717) is 6.42 Å². The summed E-state index contributed by atoms with van der Waals surface area (Å²) in [6.45, 7) is 5.20. The Morgan fingerprint density at radius 2 is 1.68 bits per heavy atom. The van der Waals surface area contributed by atoms with E-state index < -0.39 is 47.9 Å². The van der Waals surface area contributed by atoms with Crippen LogP contribution in [0.1, 0.15) is 32.8 Å². The first-order valence-corrected chi connectivity index (χ1v) is 11.8. The quantitative estimate of drug-likeness (QED) is 0.214. The number of carbonyl (C=O) groups excluding carboxylic acids is 3. The molecule has 0 radical (unpaired) electrons. The number of fused-ring (bicyclic) bond motifs is 1. The topological polar surface area (TPSA) is 166 Å². The minimum atomic E-state index is -1.23. The van der Waals surface area contributed by atoms with Crippen LogP contribution in [0.25, 0.3) is 10.9 Å². The van der Waals surface area contributed by atoms with Crippen LogP contribution in [0.15, 0.2) is 30.5 Å². The van der Waals surface area contributed by atoms with Crippen molar-refractivity contribution in [2.75, 3.05) is 5.75 Å². The van der Waals surface area contributed by atoms with Gasteiger partial charge >= 0.3 is 5.97 Å². The van der Waals surface area contributed by atoms with Gasteiger partial charge in [0.25, 0.3) is 0 Å². The molecule has 0 aliphatic carbocycles. The normalized spacial score (nSPS) is 15.6. The summed E-state index contributed by atoms with van der Waals surface area (Å²) < 4.78 is 0. The van der Waals surface area contributed by atoms with Crippen molar-refractivity contribution >= 4 is 47.2 Å². The molecule has 2 aromatic rings. The van der Waals surface area contributed by atoms with Crippen LogP contribution in [-0.4, -0.2) is 63.7 Å². The molecule has 186 valence electrons. The maximum atomic E-state index is 13.1. The number of carboxylic acids is 1. The average molecular weight is 492 g/mol. The molecular formula is C23H33N5O5S. The van der Waals surface area contributed by atoms with E-state index in [0.717, 1.165) is 16.5 Å². The summed E-state index contributed by atoms with van der Waals surface area (Å²) in [4.78, 5) is 52.6. The molecule has 3 amide bonds. The van der Waals surface area contributed by atoms with Gasteiger partial charge in [0.2, 0.25) is 17.7 Å². The molecule has 11 heteroatoms. The van der Waals surface area contributed by atoms with E-state index in [-0.39, 0.29) is 18.1 Å². The number of aromatic amines is 1. The average Bonchev–Trinajstić information content (AvgIpc) is 3.23. The minimum Gasteiger partial charge on any atom is -0.480 e. The van der Waals surface area contributed by atoms with Crippen molar-refractivity contribution in [3.63, 3.8) is 0 Å². The fourth-order valence-electron chi connectivity index (χ4n) is 3.37. The summed E-state index contributed by atoms with van der Waals surface area (Å²) in [5, 5.41) is 17.6. The molecular weight excluding hydrogens is 458 g/mol. The van der Waals surface area contributed by atoms with Gasteiger partial charge in [-0.25, -0.2) is 4.79 Å². The SMILES string of the molecule is CCC(C)C(N)C(=O)NC(Cc1c[nH]c2ccccc12)C(=O)NC(C)C(=O)NC(CS)C(=O)O. The van der Waals surface area contributed by atoms with Gasteiger partial charge in [0.05, 0.1) is 6.04 Å². The molecule has 7 N–H and O–H groups in total. The van der Waals surface area contributed by atoms with Gasteiger partial charge in [-0.15, -0.1) is 0 Å². The maximum absolute atomic E-state index is 13.1. The Bertz CT molecular complexity index is 1030. The van der Waals surface area contributed by atoms with Crippen molar-refractivity contribution in [3.8, 4) is 0 Å². The summed E-state index contributed by atoms with van der Waals surface area (Å²) in [5.41, 5.74) is 7.75. The van der Waals surface area contributed by atoms with Gasteiger partial charge in [0.1, 0.15) is 18.1 Å². The predicted octanol–water partition coefficient (Wildman–Crippen LogP) is 0.573. The fourth-order valence-corrected chi connectivity index (χ4v) is 3.62. The molecule has 1 heterocycles. The predicted molar refractivity (Wildman–Crippen MR) is 132 cm³/mol. The lowest BCUT2D eigenvalue weighted by molar-refractivity contribution is -0.141. The van der Waals surface area contributed by atoms with Crippen molar-refractivity contribution in [1.29, 1.82) is 0 Å². The van der Waals surface area contributed by atoms with Crippen molar-refractivity contribution in [2.45, 2.75) is 57.8 Å². The van der Waals surface area contributed by atoms with Crippen LogP contribution in [0.2, 0.25) is 0 Å². The van der Waals surface area contributed by atoms with Crippen molar-refractivity contribution in [2.24, 2.45) is 11.7 Å². The standard InChI is InChI=1S/C23H33N5O5S/c1-4-12(2)19(24)22(31)27-17(9-14-10-25-16-8-6-5-7-15(14)16)21(30)26-13(3)20(29)28-18(11-34)23(32)33/h5-8,10,12-13,17-19,25,34H,4,9,11,24H2,1-3H3,(H,26,30)(H,27,31)(H,28,29)(H,32,33). The molecule has 5 unspecified atom stereocenters. The van der Waals surface area contributed by atoms with Crippen molar-refractivity contribution < 1.29 is 24.3 Å². The Morgan fingerprint density at radius 1 is 1.03 bits per heavy atom. The maximum Gasteiger partial charge on any atom is 0.327 e. The van der Waals surface area contributed by atoms with E-state index in [4.69, 9.17) is 10.8 Å².